The van der Waals surface area contributed by atoms with Crippen LogP contribution in [0.5, 0.6) is 5.75 Å². The summed E-state index contributed by atoms with van der Waals surface area (Å²) in [5, 5.41) is 0. The van der Waals surface area contributed by atoms with Gasteiger partial charge in [0, 0.05) is 23.5 Å². The molecular formula is C15H16N2O. The lowest BCUT2D eigenvalue weighted by Gasteiger charge is -2.25. The Bertz CT molecular complexity index is 525. The topological polar surface area (TPSA) is 48.1 Å². The van der Waals surface area contributed by atoms with Crippen molar-refractivity contribution in [3.63, 3.8) is 0 Å². The van der Waals surface area contributed by atoms with Gasteiger partial charge in [0.25, 0.3) is 0 Å². The molecule has 0 spiro atoms. The first-order chi connectivity index (χ1) is 8.88. The van der Waals surface area contributed by atoms with E-state index in [1.54, 1.807) is 6.20 Å². The minimum absolute atomic E-state index is 0.539. The first-order valence-electron chi connectivity index (χ1n) is 6.27. The van der Waals surface area contributed by atoms with E-state index < -0.39 is 0 Å². The Morgan fingerprint density at radius 1 is 1.17 bits per heavy atom. The van der Waals surface area contributed by atoms with Crippen molar-refractivity contribution in [3.05, 3.63) is 59.4 Å². The molecule has 0 fully saturated rings. The Morgan fingerprint density at radius 2 is 2.00 bits per heavy atom. The van der Waals surface area contributed by atoms with Crippen LogP contribution in [0.3, 0.4) is 0 Å². The van der Waals surface area contributed by atoms with Gasteiger partial charge in [0.1, 0.15) is 0 Å². The van der Waals surface area contributed by atoms with Gasteiger partial charge in [-0.3, -0.25) is 4.98 Å². The standard InChI is InChI=1S/C15H16N2O/c16-18-15-8-9-17-14-7-6-12(10-13(14)15)11-4-2-1-3-5-11/h1-5,8-9,12H,6-7,10,16H2. The van der Waals surface area contributed by atoms with Crippen molar-refractivity contribution in [2.24, 2.45) is 5.90 Å². The SMILES string of the molecule is NOc1ccnc2c1CC(c1ccccc1)CC2. The van der Waals surface area contributed by atoms with E-state index in [0.717, 1.165) is 30.7 Å². The summed E-state index contributed by atoms with van der Waals surface area (Å²) >= 11 is 0. The summed E-state index contributed by atoms with van der Waals surface area (Å²) in [7, 11) is 0. The Balaban J connectivity index is 1.93. The second kappa shape index (κ2) is 4.78. The van der Waals surface area contributed by atoms with Gasteiger partial charge in [-0.25, -0.2) is 0 Å². The number of pyridine rings is 1. The summed E-state index contributed by atoms with van der Waals surface area (Å²) < 4.78 is 0. The first-order valence-corrected chi connectivity index (χ1v) is 6.27. The molecule has 3 heteroatoms. The molecule has 1 aromatic heterocycles. The van der Waals surface area contributed by atoms with Crippen LogP contribution in [0.2, 0.25) is 0 Å². The van der Waals surface area contributed by atoms with Crippen LogP contribution < -0.4 is 10.7 Å². The Hall–Kier alpha value is -1.87. The Labute approximate surface area is 107 Å². The van der Waals surface area contributed by atoms with E-state index in [0.29, 0.717) is 5.92 Å². The molecule has 0 saturated carbocycles. The molecule has 2 N–H and O–H groups in total. The fourth-order valence-corrected chi connectivity index (χ4v) is 2.73. The van der Waals surface area contributed by atoms with E-state index in [2.05, 4.69) is 35.3 Å². The van der Waals surface area contributed by atoms with Crippen LogP contribution in [0.25, 0.3) is 0 Å². The molecule has 1 heterocycles. The first kappa shape index (κ1) is 11.2. The molecule has 18 heavy (non-hydrogen) atoms. The number of hydrogen-bond acceptors (Lipinski definition) is 3. The van der Waals surface area contributed by atoms with Crippen LogP contribution in [0, 0.1) is 0 Å². The molecule has 3 nitrogen and oxygen atoms in total. The van der Waals surface area contributed by atoms with E-state index in [1.807, 2.05) is 6.07 Å². The zero-order valence-electron chi connectivity index (χ0n) is 10.2. The molecule has 3 rings (SSSR count). The zero-order valence-corrected chi connectivity index (χ0v) is 10.2. The Kier molecular flexibility index (Phi) is 2.99. The normalized spacial score (nSPS) is 18.2. The Morgan fingerprint density at radius 3 is 2.78 bits per heavy atom. The van der Waals surface area contributed by atoms with Crippen LogP contribution in [0.15, 0.2) is 42.6 Å². The molecule has 0 saturated heterocycles. The molecule has 0 amide bonds. The third kappa shape index (κ3) is 1.97. The summed E-state index contributed by atoms with van der Waals surface area (Å²) in [6, 6.07) is 12.5. The van der Waals surface area contributed by atoms with Gasteiger partial charge in [0.2, 0.25) is 0 Å². The molecule has 92 valence electrons. The molecule has 0 radical (unpaired) electrons. The van der Waals surface area contributed by atoms with Crippen LogP contribution in [-0.4, -0.2) is 4.98 Å². The van der Waals surface area contributed by atoms with Gasteiger partial charge in [-0.1, -0.05) is 30.3 Å². The highest BCUT2D eigenvalue weighted by molar-refractivity contribution is 5.40. The number of benzene rings is 1. The lowest BCUT2D eigenvalue weighted by molar-refractivity contribution is 0.326. The van der Waals surface area contributed by atoms with Crippen LogP contribution in [0.4, 0.5) is 0 Å². The highest BCUT2D eigenvalue weighted by Crippen LogP contribution is 2.35. The maximum absolute atomic E-state index is 5.33. The molecular weight excluding hydrogens is 224 g/mol. The van der Waals surface area contributed by atoms with Crippen molar-refractivity contribution in [2.75, 3.05) is 0 Å². The second-order valence-corrected chi connectivity index (χ2v) is 4.70. The fraction of sp³-hybridized carbons (Fsp3) is 0.267. The van der Waals surface area contributed by atoms with Crippen molar-refractivity contribution in [1.82, 2.24) is 4.98 Å². The summed E-state index contributed by atoms with van der Waals surface area (Å²) in [6.45, 7) is 0. The van der Waals surface area contributed by atoms with Crippen LogP contribution in [0.1, 0.15) is 29.2 Å². The van der Waals surface area contributed by atoms with Crippen molar-refractivity contribution < 1.29 is 4.84 Å². The monoisotopic (exact) mass is 240 g/mol. The van der Waals surface area contributed by atoms with E-state index in [4.69, 9.17) is 10.7 Å². The van der Waals surface area contributed by atoms with E-state index in [-0.39, 0.29) is 0 Å². The summed E-state index contributed by atoms with van der Waals surface area (Å²) in [4.78, 5) is 9.38. The number of aryl methyl sites for hydroxylation is 1. The summed E-state index contributed by atoms with van der Waals surface area (Å²) in [5.74, 6) is 6.63. The third-order valence-corrected chi connectivity index (χ3v) is 3.68. The predicted octanol–water partition coefficient (Wildman–Crippen LogP) is 2.61. The van der Waals surface area contributed by atoms with Crippen molar-refractivity contribution in [3.8, 4) is 5.75 Å². The smallest absolute Gasteiger partial charge is 0.153 e. The van der Waals surface area contributed by atoms with Crippen molar-refractivity contribution in [1.29, 1.82) is 0 Å². The quantitative estimate of drug-likeness (QED) is 0.821. The van der Waals surface area contributed by atoms with Crippen molar-refractivity contribution in [2.45, 2.75) is 25.2 Å². The number of fused-ring (bicyclic) bond motifs is 1. The summed E-state index contributed by atoms with van der Waals surface area (Å²) in [6.07, 6.45) is 4.85. The minimum atomic E-state index is 0.539. The average Bonchev–Trinajstić information content (AvgIpc) is 2.47. The van der Waals surface area contributed by atoms with Gasteiger partial charge in [-0.05, 0) is 30.7 Å². The maximum atomic E-state index is 5.33. The second-order valence-electron chi connectivity index (χ2n) is 4.70. The molecule has 1 aliphatic rings. The number of aromatic nitrogens is 1. The van der Waals surface area contributed by atoms with Crippen LogP contribution >= 0.6 is 0 Å². The van der Waals surface area contributed by atoms with Crippen LogP contribution in [-0.2, 0) is 12.8 Å². The number of hydrogen-bond donors (Lipinski definition) is 1. The number of nitrogens with two attached hydrogens (primary N) is 1. The zero-order chi connectivity index (χ0) is 12.4. The average molecular weight is 240 g/mol. The lowest BCUT2D eigenvalue weighted by Crippen LogP contribution is -2.16. The van der Waals surface area contributed by atoms with Gasteiger partial charge >= 0.3 is 0 Å². The largest absolute Gasteiger partial charge is 0.411 e. The van der Waals surface area contributed by atoms with Gasteiger partial charge in [0.05, 0.1) is 0 Å². The van der Waals surface area contributed by atoms with E-state index >= 15 is 0 Å². The molecule has 1 unspecified atom stereocenters. The van der Waals surface area contributed by atoms with Gasteiger partial charge < -0.3 is 4.84 Å². The van der Waals surface area contributed by atoms with E-state index in [9.17, 15) is 0 Å². The highest BCUT2D eigenvalue weighted by Gasteiger charge is 2.23. The number of rotatable bonds is 2. The minimum Gasteiger partial charge on any atom is -0.411 e. The van der Waals surface area contributed by atoms with Crippen molar-refractivity contribution >= 4 is 0 Å². The molecule has 1 aliphatic carbocycles. The molecule has 2 aromatic rings. The summed E-state index contributed by atoms with van der Waals surface area (Å²) in [5.41, 5.74) is 3.68. The maximum Gasteiger partial charge on any atom is 0.153 e. The van der Waals surface area contributed by atoms with E-state index in [1.165, 1.54) is 11.1 Å². The lowest BCUT2D eigenvalue weighted by atomic mass is 9.82. The van der Waals surface area contributed by atoms with Gasteiger partial charge in [0.15, 0.2) is 5.75 Å². The predicted molar refractivity (Wildman–Crippen MR) is 70.3 cm³/mol. The fourth-order valence-electron chi connectivity index (χ4n) is 2.73. The molecule has 1 aromatic carbocycles. The number of nitrogens with zero attached hydrogens (tertiary/aromatic N) is 1. The highest BCUT2D eigenvalue weighted by atomic mass is 16.6. The molecule has 0 bridgehead atoms. The van der Waals surface area contributed by atoms with Gasteiger partial charge in [-0.15, -0.1) is 0 Å². The molecule has 1 atom stereocenters. The third-order valence-electron chi connectivity index (χ3n) is 3.68. The van der Waals surface area contributed by atoms with Gasteiger partial charge in [-0.2, -0.15) is 5.90 Å². The molecule has 0 aliphatic heterocycles.